The molecule has 0 bridgehead atoms. The monoisotopic (exact) mass is 341 g/mol. The van der Waals surface area contributed by atoms with Gasteiger partial charge >= 0.3 is 0 Å². The number of rotatable bonds is 4. The van der Waals surface area contributed by atoms with Gasteiger partial charge in [-0.15, -0.1) is 0 Å². The highest BCUT2D eigenvalue weighted by molar-refractivity contribution is 5.82. The molecular formula is C19H23N3O3. The first-order valence-electron chi connectivity index (χ1n) is 8.67. The molecule has 0 N–H and O–H groups in total. The molecule has 6 nitrogen and oxygen atoms in total. The second-order valence-electron chi connectivity index (χ2n) is 6.74. The first kappa shape index (κ1) is 16.0. The van der Waals surface area contributed by atoms with Gasteiger partial charge in [0.2, 0.25) is 5.91 Å². The summed E-state index contributed by atoms with van der Waals surface area (Å²) in [5, 5.41) is 4.32. The summed E-state index contributed by atoms with van der Waals surface area (Å²) in [7, 11) is 5.21. The van der Waals surface area contributed by atoms with Gasteiger partial charge in [-0.05, 0) is 48.6 Å². The number of hydrogen-bond donors (Lipinski definition) is 0. The fraction of sp³-hybridized carbons (Fsp3) is 0.474. The van der Waals surface area contributed by atoms with E-state index in [9.17, 15) is 4.79 Å². The van der Waals surface area contributed by atoms with E-state index in [1.165, 1.54) is 5.56 Å². The van der Waals surface area contributed by atoms with Gasteiger partial charge in [0.25, 0.3) is 0 Å². The van der Waals surface area contributed by atoms with Crippen LogP contribution in [0.1, 0.15) is 35.7 Å². The average Bonchev–Trinajstić information content (AvgIpc) is 3.40. The molecule has 2 heterocycles. The predicted molar refractivity (Wildman–Crippen MR) is 92.7 cm³/mol. The Morgan fingerprint density at radius 3 is 2.52 bits per heavy atom. The van der Waals surface area contributed by atoms with Crippen molar-refractivity contribution in [1.29, 1.82) is 0 Å². The Morgan fingerprint density at radius 1 is 1.20 bits per heavy atom. The smallest absolute Gasteiger partial charge is 0.226 e. The number of hydrogen-bond acceptors (Lipinski definition) is 4. The lowest BCUT2D eigenvalue weighted by molar-refractivity contribution is -0.134. The van der Waals surface area contributed by atoms with E-state index >= 15 is 0 Å². The summed E-state index contributed by atoms with van der Waals surface area (Å²) in [6.07, 6.45) is 4.62. The first-order valence-corrected chi connectivity index (χ1v) is 8.67. The number of amides is 1. The minimum atomic E-state index is -0.135. The van der Waals surface area contributed by atoms with Crippen molar-refractivity contribution in [3.8, 4) is 11.5 Å². The lowest BCUT2D eigenvalue weighted by Gasteiger charge is -2.38. The predicted octanol–water partition coefficient (Wildman–Crippen LogP) is 2.32. The molecule has 1 atom stereocenters. The summed E-state index contributed by atoms with van der Waals surface area (Å²) in [4.78, 5) is 14.9. The highest BCUT2D eigenvalue weighted by Crippen LogP contribution is 2.43. The van der Waals surface area contributed by atoms with Crippen LogP contribution in [0.5, 0.6) is 11.5 Å². The third-order valence-electron chi connectivity index (χ3n) is 5.22. The molecule has 1 aromatic carbocycles. The molecule has 1 aromatic heterocycles. The second-order valence-corrected chi connectivity index (χ2v) is 6.74. The molecule has 1 unspecified atom stereocenters. The third-order valence-corrected chi connectivity index (χ3v) is 5.22. The minimum absolute atomic E-state index is 0.135. The first-order chi connectivity index (χ1) is 12.1. The molecule has 1 aliphatic carbocycles. The Kier molecular flexibility index (Phi) is 3.90. The standard InChI is InChI=1S/C19H23N3O3/c1-21-15(6-8-20-21)18-14-11-17(25-3)16(24-2)10-13(14)7-9-22(18)19(23)12-4-5-12/h6,8,10-12,18H,4-5,7,9H2,1-3H3. The summed E-state index contributed by atoms with van der Waals surface area (Å²) in [5.41, 5.74) is 3.31. The molecule has 6 heteroatoms. The van der Waals surface area contributed by atoms with Crippen molar-refractivity contribution in [2.24, 2.45) is 13.0 Å². The maximum atomic E-state index is 12.9. The number of fused-ring (bicyclic) bond motifs is 1. The SMILES string of the molecule is COc1cc2c(cc1OC)C(c1ccnn1C)N(C(=O)C1CC1)CC2. The van der Waals surface area contributed by atoms with Gasteiger partial charge in [0.05, 0.1) is 26.0 Å². The van der Waals surface area contributed by atoms with Gasteiger partial charge < -0.3 is 14.4 Å². The number of aryl methyl sites for hydroxylation is 1. The summed E-state index contributed by atoms with van der Waals surface area (Å²) in [6.45, 7) is 0.716. The van der Waals surface area contributed by atoms with E-state index in [-0.39, 0.29) is 17.9 Å². The second kappa shape index (κ2) is 6.10. The molecule has 2 aromatic rings. The Balaban J connectivity index is 1.85. The number of methoxy groups -OCH3 is 2. The van der Waals surface area contributed by atoms with Crippen LogP contribution in [0.25, 0.3) is 0 Å². The van der Waals surface area contributed by atoms with E-state index in [0.29, 0.717) is 12.3 Å². The Labute approximate surface area is 147 Å². The normalized spacial score (nSPS) is 19.5. The van der Waals surface area contributed by atoms with Crippen molar-refractivity contribution in [1.82, 2.24) is 14.7 Å². The zero-order valence-corrected chi connectivity index (χ0v) is 14.9. The minimum Gasteiger partial charge on any atom is -0.493 e. The van der Waals surface area contributed by atoms with Crippen molar-refractivity contribution in [2.45, 2.75) is 25.3 Å². The van der Waals surface area contributed by atoms with Gasteiger partial charge in [-0.25, -0.2) is 0 Å². The maximum absolute atomic E-state index is 12.9. The van der Waals surface area contributed by atoms with Crippen LogP contribution in [0.2, 0.25) is 0 Å². The Morgan fingerprint density at radius 2 is 1.92 bits per heavy atom. The Hall–Kier alpha value is -2.50. The molecule has 0 spiro atoms. The zero-order valence-electron chi connectivity index (χ0n) is 14.9. The largest absolute Gasteiger partial charge is 0.493 e. The van der Waals surface area contributed by atoms with Gasteiger partial charge in [-0.3, -0.25) is 9.48 Å². The van der Waals surface area contributed by atoms with Crippen LogP contribution in [0, 0.1) is 5.92 Å². The van der Waals surface area contributed by atoms with Crippen molar-refractivity contribution in [3.63, 3.8) is 0 Å². The summed E-state index contributed by atoms with van der Waals surface area (Å²) < 4.78 is 12.8. The number of nitrogens with zero attached hydrogens (tertiary/aromatic N) is 3. The zero-order chi connectivity index (χ0) is 17.6. The molecular weight excluding hydrogens is 318 g/mol. The quantitative estimate of drug-likeness (QED) is 0.856. The molecule has 1 aliphatic heterocycles. The van der Waals surface area contributed by atoms with Crippen LogP contribution < -0.4 is 9.47 Å². The van der Waals surface area contributed by atoms with Crippen molar-refractivity contribution >= 4 is 5.91 Å². The van der Waals surface area contributed by atoms with Gasteiger partial charge in [-0.1, -0.05) is 0 Å². The molecule has 0 saturated heterocycles. The molecule has 1 fully saturated rings. The maximum Gasteiger partial charge on any atom is 0.226 e. The summed E-state index contributed by atoms with van der Waals surface area (Å²) in [6, 6.07) is 5.90. The molecule has 4 rings (SSSR count). The van der Waals surface area contributed by atoms with Gasteiger partial charge in [0, 0.05) is 25.7 Å². The number of ether oxygens (including phenoxy) is 2. The van der Waals surface area contributed by atoms with E-state index in [2.05, 4.69) is 5.10 Å². The molecule has 132 valence electrons. The number of carbonyl (C=O) groups excluding carboxylic acids is 1. The Bertz CT molecular complexity index is 810. The lowest BCUT2D eigenvalue weighted by atomic mass is 9.89. The van der Waals surface area contributed by atoms with Crippen LogP contribution in [0.15, 0.2) is 24.4 Å². The van der Waals surface area contributed by atoms with Crippen LogP contribution in [0.3, 0.4) is 0 Å². The fourth-order valence-electron chi connectivity index (χ4n) is 3.72. The molecule has 0 radical (unpaired) electrons. The molecule has 1 saturated carbocycles. The van der Waals surface area contributed by atoms with E-state index < -0.39 is 0 Å². The molecule has 25 heavy (non-hydrogen) atoms. The van der Waals surface area contributed by atoms with Crippen LogP contribution in [0.4, 0.5) is 0 Å². The van der Waals surface area contributed by atoms with Gasteiger partial charge in [0.1, 0.15) is 0 Å². The number of benzene rings is 1. The van der Waals surface area contributed by atoms with E-state index in [1.807, 2.05) is 34.8 Å². The lowest BCUT2D eigenvalue weighted by Crippen LogP contribution is -2.42. The van der Waals surface area contributed by atoms with Gasteiger partial charge in [0.15, 0.2) is 11.5 Å². The van der Waals surface area contributed by atoms with Crippen molar-refractivity contribution in [3.05, 3.63) is 41.2 Å². The average molecular weight is 341 g/mol. The van der Waals surface area contributed by atoms with Crippen LogP contribution in [-0.2, 0) is 18.3 Å². The van der Waals surface area contributed by atoms with Crippen molar-refractivity contribution in [2.75, 3.05) is 20.8 Å². The molecule has 1 amide bonds. The third kappa shape index (κ3) is 2.65. The fourth-order valence-corrected chi connectivity index (χ4v) is 3.72. The number of aromatic nitrogens is 2. The van der Waals surface area contributed by atoms with Gasteiger partial charge in [-0.2, -0.15) is 5.10 Å². The summed E-state index contributed by atoms with van der Waals surface area (Å²) >= 11 is 0. The topological polar surface area (TPSA) is 56.6 Å². The highest BCUT2D eigenvalue weighted by Gasteiger charge is 2.40. The number of carbonyl (C=O) groups is 1. The van der Waals surface area contributed by atoms with E-state index in [4.69, 9.17) is 9.47 Å². The summed E-state index contributed by atoms with van der Waals surface area (Å²) in [5.74, 6) is 1.87. The van der Waals surface area contributed by atoms with Crippen LogP contribution >= 0.6 is 0 Å². The highest BCUT2D eigenvalue weighted by atomic mass is 16.5. The van der Waals surface area contributed by atoms with E-state index in [1.54, 1.807) is 20.4 Å². The van der Waals surface area contributed by atoms with Crippen molar-refractivity contribution < 1.29 is 14.3 Å². The van der Waals surface area contributed by atoms with E-state index in [0.717, 1.165) is 36.3 Å². The van der Waals surface area contributed by atoms with Crippen LogP contribution in [-0.4, -0.2) is 41.4 Å². The molecule has 2 aliphatic rings.